The highest BCUT2D eigenvalue weighted by atomic mass is 16.5. The van der Waals surface area contributed by atoms with Crippen LogP contribution in [0.1, 0.15) is 73.7 Å². The molecule has 4 rings (SSSR count). The number of carbonyl (C=O) groups is 1. The van der Waals surface area contributed by atoms with E-state index in [-0.39, 0.29) is 23.9 Å². The first kappa shape index (κ1) is 18.5. The Bertz CT molecular complexity index is 1020. The molecular formula is C22H26N4O2. The van der Waals surface area contributed by atoms with Crippen LogP contribution >= 0.6 is 0 Å². The highest BCUT2D eigenvalue weighted by Gasteiger charge is 2.25. The molecule has 0 radical (unpaired) electrons. The highest BCUT2D eigenvalue weighted by molar-refractivity contribution is 6.05. The molecule has 0 aliphatic carbocycles. The molecule has 0 spiro atoms. The summed E-state index contributed by atoms with van der Waals surface area (Å²) in [5, 5.41) is 8.47. The first-order chi connectivity index (χ1) is 13.5. The molecule has 0 saturated carbocycles. The average molecular weight is 378 g/mol. The van der Waals surface area contributed by atoms with Gasteiger partial charge in [0.25, 0.3) is 5.91 Å². The van der Waals surface area contributed by atoms with E-state index in [0.717, 1.165) is 34.5 Å². The highest BCUT2D eigenvalue weighted by Crippen LogP contribution is 2.32. The van der Waals surface area contributed by atoms with Gasteiger partial charge in [-0.1, -0.05) is 32.0 Å². The summed E-state index contributed by atoms with van der Waals surface area (Å²) in [6, 6.07) is 9.89. The summed E-state index contributed by atoms with van der Waals surface area (Å²) in [5.41, 5.74) is 3.31. The number of nitrogens with zero attached hydrogens (tertiary/aromatic N) is 3. The van der Waals surface area contributed by atoms with Gasteiger partial charge in [0.1, 0.15) is 5.75 Å². The summed E-state index contributed by atoms with van der Waals surface area (Å²) in [5.74, 6) is 0.962. The quantitative estimate of drug-likeness (QED) is 0.731. The van der Waals surface area contributed by atoms with Crippen LogP contribution in [0.15, 0.2) is 36.5 Å². The molecule has 1 aromatic carbocycles. The van der Waals surface area contributed by atoms with Gasteiger partial charge in [-0.25, -0.2) is 9.67 Å². The third-order valence-electron chi connectivity index (χ3n) is 5.18. The second kappa shape index (κ2) is 7.26. The Balaban J connectivity index is 1.73. The number of rotatable bonds is 4. The molecular weight excluding hydrogens is 352 g/mol. The Morgan fingerprint density at radius 2 is 2.04 bits per heavy atom. The number of carbonyl (C=O) groups excluding carboxylic acids is 1. The fourth-order valence-corrected chi connectivity index (χ4v) is 3.63. The topological polar surface area (TPSA) is 69.0 Å². The molecule has 6 nitrogen and oxygen atoms in total. The zero-order valence-electron chi connectivity index (χ0n) is 16.8. The van der Waals surface area contributed by atoms with Crippen molar-refractivity contribution in [2.24, 2.45) is 0 Å². The van der Waals surface area contributed by atoms with E-state index >= 15 is 0 Å². The smallest absolute Gasteiger partial charge is 0.252 e. The maximum absolute atomic E-state index is 13.3. The SMILES string of the molecule is CC(C)c1cc(C(=O)N[C@@H]2CCOc3ccccc32)c2cnn(C(C)C)c2n1. The van der Waals surface area contributed by atoms with Crippen molar-refractivity contribution >= 4 is 16.9 Å². The maximum Gasteiger partial charge on any atom is 0.252 e. The lowest BCUT2D eigenvalue weighted by molar-refractivity contribution is 0.0926. The van der Waals surface area contributed by atoms with E-state index in [0.29, 0.717) is 12.2 Å². The van der Waals surface area contributed by atoms with E-state index in [1.54, 1.807) is 6.20 Å². The molecule has 1 amide bonds. The minimum Gasteiger partial charge on any atom is -0.493 e. The number of benzene rings is 1. The van der Waals surface area contributed by atoms with Gasteiger partial charge in [-0.15, -0.1) is 0 Å². The normalized spacial score (nSPS) is 16.3. The van der Waals surface area contributed by atoms with Crippen molar-refractivity contribution in [3.8, 4) is 5.75 Å². The molecule has 1 aliphatic rings. The second-order valence-electron chi connectivity index (χ2n) is 7.87. The van der Waals surface area contributed by atoms with Gasteiger partial charge in [0.05, 0.1) is 29.8 Å². The van der Waals surface area contributed by atoms with E-state index < -0.39 is 0 Å². The fraction of sp³-hybridized carbons (Fsp3) is 0.409. The zero-order valence-corrected chi connectivity index (χ0v) is 16.8. The van der Waals surface area contributed by atoms with Crippen LogP contribution in [-0.2, 0) is 0 Å². The van der Waals surface area contributed by atoms with Crippen LogP contribution < -0.4 is 10.1 Å². The van der Waals surface area contributed by atoms with E-state index in [4.69, 9.17) is 9.72 Å². The molecule has 1 N–H and O–H groups in total. The van der Waals surface area contributed by atoms with Gasteiger partial charge in [0.15, 0.2) is 5.65 Å². The summed E-state index contributed by atoms with van der Waals surface area (Å²) in [6.45, 7) is 8.89. The number of ether oxygens (including phenoxy) is 1. The van der Waals surface area contributed by atoms with E-state index in [1.165, 1.54) is 0 Å². The number of pyridine rings is 1. The number of aromatic nitrogens is 3. The summed E-state index contributed by atoms with van der Waals surface area (Å²) in [6.07, 6.45) is 2.50. The minimum absolute atomic E-state index is 0.0664. The number of para-hydroxylation sites is 1. The van der Waals surface area contributed by atoms with Crippen LogP contribution in [0.3, 0.4) is 0 Å². The summed E-state index contributed by atoms with van der Waals surface area (Å²) >= 11 is 0. The van der Waals surface area contributed by atoms with Gasteiger partial charge in [-0.05, 0) is 31.9 Å². The van der Waals surface area contributed by atoms with Crippen LogP contribution in [0, 0.1) is 0 Å². The molecule has 3 aromatic rings. The average Bonchev–Trinajstić information content (AvgIpc) is 3.11. The van der Waals surface area contributed by atoms with Crippen molar-refractivity contribution in [2.45, 2.75) is 52.1 Å². The van der Waals surface area contributed by atoms with Gasteiger partial charge < -0.3 is 10.1 Å². The molecule has 0 saturated heterocycles. The Morgan fingerprint density at radius 3 is 2.79 bits per heavy atom. The molecule has 1 aliphatic heterocycles. The second-order valence-corrected chi connectivity index (χ2v) is 7.87. The Hall–Kier alpha value is -2.89. The van der Waals surface area contributed by atoms with Gasteiger partial charge in [0, 0.05) is 23.7 Å². The molecule has 3 heterocycles. The van der Waals surface area contributed by atoms with Gasteiger partial charge in [0.2, 0.25) is 0 Å². The molecule has 0 fully saturated rings. The number of fused-ring (bicyclic) bond motifs is 2. The van der Waals surface area contributed by atoms with Crippen molar-refractivity contribution in [2.75, 3.05) is 6.61 Å². The molecule has 146 valence electrons. The third-order valence-corrected chi connectivity index (χ3v) is 5.18. The Labute approximate surface area is 164 Å². The summed E-state index contributed by atoms with van der Waals surface area (Å²) < 4.78 is 7.59. The lowest BCUT2D eigenvalue weighted by Gasteiger charge is -2.26. The van der Waals surface area contributed by atoms with Crippen LogP contribution in [0.5, 0.6) is 5.75 Å². The third kappa shape index (κ3) is 3.23. The monoisotopic (exact) mass is 378 g/mol. The predicted molar refractivity (Wildman–Crippen MR) is 109 cm³/mol. The molecule has 6 heteroatoms. The fourth-order valence-electron chi connectivity index (χ4n) is 3.63. The first-order valence-electron chi connectivity index (χ1n) is 9.86. The predicted octanol–water partition coefficient (Wildman–Crippen LogP) is 4.39. The number of nitrogens with one attached hydrogen (secondary N) is 1. The molecule has 28 heavy (non-hydrogen) atoms. The summed E-state index contributed by atoms with van der Waals surface area (Å²) in [7, 11) is 0. The lowest BCUT2D eigenvalue weighted by atomic mass is 9.99. The number of hydrogen-bond donors (Lipinski definition) is 1. The van der Waals surface area contributed by atoms with E-state index in [2.05, 4.69) is 38.1 Å². The number of hydrogen-bond acceptors (Lipinski definition) is 4. The van der Waals surface area contributed by atoms with E-state index in [1.807, 2.05) is 35.0 Å². The van der Waals surface area contributed by atoms with Gasteiger partial charge in [-0.2, -0.15) is 5.10 Å². The van der Waals surface area contributed by atoms with Crippen molar-refractivity contribution in [1.82, 2.24) is 20.1 Å². The van der Waals surface area contributed by atoms with Crippen LogP contribution in [0.4, 0.5) is 0 Å². The van der Waals surface area contributed by atoms with Crippen molar-refractivity contribution in [3.63, 3.8) is 0 Å². The Kier molecular flexibility index (Phi) is 4.79. The van der Waals surface area contributed by atoms with Crippen molar-refractivity contribution < 1.29 is 9.53 Å². The van der Waals surface area contributed by atoms with Gasteiger partial charge in [-0.3, -0.25) is 4.79 Å². The molecule has 0 unspecified atom stereocenters. The van der Waals surface area contributed by atoms with E-state index in [9.17, 15) is 4.79 Å². The molecule has 1 atom stereocenters. The Morgan fingerprint density at radius 1 is 1.25 bits per heavy atom. The van der Waals surface area contributed by atoms with Crippen LogP contribution in [0.25, 0.3) is 11.0 Å². The minimum atomic E-state index is -0.0979. The van der Waals surface area contributed by atoms with Crippen molar-refractivity contribution in [1.29, 1.82) is 0 Å². The summed E-state index contributed by atoms with van der Waals surface area (Å²) in [4.78, 5) is 18.1. The first-order valence-corrected chi connectivity index (χ1v) is 9.86. The number of amides is 1. The van der Waals surface area contributed by atoms with Crippen LogP contribution in [-0.4, -0.2) is 27.3 Å². The van der Waals surface area contributed by atoms with Crippen LogP contribution in [0.2, 0.25) is 0 Å². The lowest BCUT2D eigenvalue weighted by Crippen LogP contribution is -2.32. The zero-order chi connectivity index (χ0) is 19.8. The standard InChI is InChI=1S/C22H26N4O2/c1-13(2)19-11-16(17-12-23-26(14(3)4)21(17)24-19)22(27)25-18-9-10-28-20-8-6-5-7-15(18)20/h5-8,11-14,18H,9-10H2,1-4H3,(H,25,27)/t18-/m1/s1. The van der Waals surface area contributed by atoms with Gasteiger partial charge >= 0.3 is 0 Å². The molecule has 2 aromatic heterocycles. The molecule has 0 bridgehead atoms. The van der Waals surface area contributed by atoms with Crippen molar-refractivity contribution in [3.05, 3.63) is 53.3 Å². The maximum atomic E-state index is 13.3. The largest absolute Gasteiger partial charge is 0.493 e.